The van der Waals surface area contributed by atoms with Gasteiger partial charge in [0.15, 0.2) is 0 Å². The van der Waals surface area contributed by atoms with Crippen LogP contribution in [0.5, 0.6) is 5.75 Å². The molecule has 0 aliphatic carbocycles. The highest BCUT2D eigenvalue weighted by Crippen LogP contribution is 2.22. The summed E-state index contributed by atoms with van der Waals surface area (Å²) >= 11 is 0. The molecule has 0 aliphatic heterocycles. The third-order valence-corrected chi connectivity index (χ3v) is 2.24. The lowest BCUT2D eigenvalue weighted by atomic mass is 10.2. The topological polar surface area (TPSA) is 102 Å². The SMILES string of the molecule is COc1cc(CNCCC(=O)O)cc([N+](=O)[O-])c1. The molecule has 1 rings (SSSR count). The van der Waals surface area contributed by atoms with E-state index in [9.17, 15) is 14.9 Å². The van der Waals surface area contributed by atoms with Gasteiger partial charge in [0.2, 0.25) is 0 Å². The molecule has 98 valence electrons. The zero-order valence-corrected chi connectivity index (χ0v) is 9.88. The van der Waals surface area contributed by atoms with Gasteiger partial charge in [-0.2, -0.15) is 0 Å². The number of methoxy groups -OCH3 is 1. The van der Waals surface area contributed by atoms with Gasteiger partial charge in [-0.1, -0.05) is 0 Å². The number of aliphatic carboxylic acids is 1. The number of nitro groups is 1. The number of carboxylic acid groups (broad SMARTS) is 1. The van der Waals surface area contributed by atoms with Gasteiger partial charge in [-0.15, -0.1) is 0 Å². The fourth-order valence-electron chi connectivity index (χ4n) is 1.40. The summed E-state index contributed by atoms with van der Waals surface area (Å²) in [6.45, 7) is 0.658. The molecule has 18 heavy (non-hydrogen) atoms. The third kappa shape index (κ3) is 4.38. The van der Waals surface area contributed by atoms with Crippen molar-refractivity contribution in [2.24, 2.45) is 0 Å². The third-order valence-electron chi connectivity index (χ3n) is 2.24. The Kier molecular flexibility index (Phi) is 5.06. The quantitative estimate of drug-likeness (QED) is 0.430. The highest BCUT2D eigenvalue weighted by Gasteiger charge is 2.10. The zero-order valence-electron chi connectivity index (χ0n) is 9.88. The van der Waals surface area contributed by atoms with E-state index < -0.39 is 10.9 Å². The molecule has 7 nitrogen and oxygen atoms in total. The summed E-state index contributed by atoms with van der Waals surface area (Å²) in [7, 11) is 1.43. The number of carboxylic acids is 1. The second kappa shape index (κ2) is 6.55. The maximum Gasteiger partial charge on any atom is 0.304 e. The van der Waals surface area contributed by atoms with E-state index in [1.807, 2.05) is 0 Å². The van der Waals surface area contributed by atoms with Crippen molar-refractivity contribution in [1.29, 1.82) is 0 Å². The molecule has 0 saturated carbocycles. The number of non-ortho nitro benzene ring substituents is 1. The van der Waals surface area contributed by atoms with Gasteiger partial charge in [-0.3, -0.25) is 14.9 Å². The lowest BCUT2D eigenvalue weighted by molar-refractivity contribution is -0.385. The molecule has 1 aromatic carbocycles. The van der Waals surface area contributed by atoms with Gasteiger partial charge in [-0.05, 0) is 11.6 Å². The predicted molar refractivity (Wildman–Crippen MR) is 63.6 cm³/mol. The van der Waals surface area contributed by atoms with Crippen LogP contribution < -0.4 is 10.1 Å². The molecule has 0 heterocycles. The minimum atomic E-state index is -0.890. The van der Waals surface area contributed by atoms with E-state index in [-0.39, 0.29) is 12.1 Å². The molecular weight excluding hydrogens is 240 g/mol. The Balaban J connectivity index is 2.66. The van der Waals surface area contributed by atoms with E-state index in [1.54, 1.807) is 6.07 Å². The summed E-state index contributed by atoms with van der Waals surface area (Å²) in [5.41, 5.74) is 0.621. The molecule has 0 amide bonds. The second-order valence-corrected chi connectivity index (χ2v) is 3.62. The highest BCUT2D eigenvalue weighted by atomic mass is 16.6. The predicted octanol–water partition coefficient (Wildman–Crippen LogP) is 1.17. The molecule has 0 saturated heterocycles. The summed E-state index contributed by atoms with van der Waals surface area (Å²) < 4.78 is 4.96. The van der Waals surface area contributed by atoms with Gasteiger partial charge in [0.1, 0.15) is 5.75 Å². The van der Waals surface area contributed by atoms with Crippen LogP contribution in [0.3, 0.4) is 0 Å². The van der Waals surface area contributed by atoms with Crippen LogP contribution in [0.15, 0.2) is 18.2 Å². The van der Waals surface area contributed by atoms with E-state index in [0.29, 0.717) is 24.4 Å². The average Bonchev–Trinajstić information content (AvgIpc) is 2.34. The maximum absolute atomic E-state index is 10.7. The Morgan fingerprint density at radius 1 is 1.50 bits per heavy atom. The van der Waals surface area contributed by atoms with E-state index in [4.69, 9.17) is 9.84 Å². The van der Waals surface area contributed by atoms with Crippen LogP contribution in [0.2, 0.25) is 0 Å². The van der Waals surface area contributed by atoms with E-state index >= 15 is 0 Å². The van der Waals surface area contributed by atoms with Crippen molar-refractivity contribution in [2.45, 2.75) is 13.0 Å². The number of nitrogens with zero attached hydrogens (tertiary/aromatic N) is 1. The average molecular weight is 254 g/mol. The molecule has 2 N–H and O–H groups in total. The normalized spacial score (nSPS) is 10.1. The first-order valence-corrected chi connectivity index (χ1v) is 5.28. The number of hydrogen-bond acceptors (Lipinski definition) is 5. The van der Waals surface area contributed by atoms with Crippen LogP contribution in [-0.4, -0.2) is 29.7 Å². The number of carbonyl (C=O) groups is 1. The van der Waals surface area contributed by atoms with Crippen LogP contribution in [0.25, 0.3) is 0 Å². The fourth-order valence-corrected chi connectivity index (χ4v) is 1.40. The Labute approximate surface area is 104 Å². The summed E-state index contributed by atoms with van der Waals surface area (Å²) in [6, 6.07) is 4.43. The maximum atomic E-state index is 10.7. The van der Waals surface area contributed by atoms with Gasteiger partial charge >= 0.3 is 5.97 Å². The summed E-state index contributed by atoms with van der Waals surface area (Å²) in [5, 5.41) is 22.0. The molecule has 0 unspecified atom stereocenters. The standard InChI is InChI=1S/C11H14N2O5/c1-18-10-5-8(4-9(6-10)13(16)17)7-12-3-2-11(14)15/h4-6,12H,2-3,7H2,1H3,(H,14,15). The van der Waals surface area contributed by atoms with Crippen molar-refractivity contribution in [3.63, 3.8) is 0 Å². The van der Waals surface area contributed by atoms with E-state index in [0.717, 1.165) is 0 Å². The zero-order chi connectivity index (χ0) is 13.5. The molecule has 0 spiro atoms. The smallest absolute Gasteiger partial charge is 0.304 e. The minimum Gasteiger partial charge on any atom is -0.496 e. The van der Waals surface area contributed by atoms with Crippen LogP contribution in [0.4, 0.5) is 5.69 Å². The van der Waals surface area contributed by atoms with Gasteiger partial charge in [0.25, 0.3) is 5.69 Å². The monoisotopic (exact) mass is 254 g/mol. The summed E-state index contributed by atoms with van der Waals surface area (Å²) in [6.07, 6.45) is 0.00601. The van der Waals surface area contributed by atoms with Crippen LogP contribution in [0, 0.1) is 10.1 Å². The number of ether oxygens (including phenoxy) is 1. The number of rotatable bonds is 7. The lowest BCUT2D eigenvalue weighted by Gasteiger charge is -2.06. The Bertz CT molecular complexity index is 447. The lowest BCUT2D eigenvalue weighted by Crippen LogP contribution is -2.17. The molecular formula is C11H14N2O5. The number of nitrogens with one attached hydrogen (secondary N) is 1. The Morgan fingerprint density at radius 2 is 2.22 bits per heavy atom. The molecule has 0 aliphatic rings. The van der Waals surface area contributed by atoms with Crippen molar-refractivity contribution in [3.05, 3.63) is 33.9 Å². The first-order chi connectivity index (χ1) is 8.52. The fraction of sp³-hybridized carbons (Fsp3) is 0.364. The molecule has 0 atom stereocenters. The molecule has 0 radical (unpaired) electrons. The molecule has 1 aromatic rings. The van der Waals surface area contributed by atoms with Crippen LogP contribution in [0.1, 0.15) is 12.0 Å². The largest absolute Gasteiger partial charge is 0.496 e. The first kappa shape index (κ1) is 13.9. The van der Waals surface area contributed by atoms with Crippen molar-refractivity contribution < 1.29 is 19.6 Å². The van der Waals surface area contributed by atoms with Crippen LogP contribution in [-0.2, 0) is 11.3 Å². The van der Waals surface area contributed by atoms with Crippen molar-refractivity contribution >= 4 is 11.7 Å². The molecule has 0 fully saturated rings. The van der Waals surface area contributed by atoms with Crippen LogP contribution >= 0.6 is 0 Å². The van der Waals surface area contributed by atoms with Crippen molar-refractivity contribution in [1.82, 2.24) is 5.32 Å². The highest BCUT2D eigenvalue weighted by molar-refractivity contribution is 5.66. The van der Waals surface area contributed by atoms with Gasteiger partial charge in [-0.25, -0.2) is 0 Å². The van der Waals surface area contributed by atoms with Gasteiger partial charge < -0.3 is 15.2 Å². The van der Waals surface area contributed by atoms with E-state index in [1.165, 1.54) is 19.2 Å². The van der Waals surface area contributed by atoms with Crippen molar-refractivity contribution in [3.8, 4) is 5.75 Å². The Hall–Kier alpha value is -2.15. The molecule has 0 aromatic heterocycles. The number of hydrogen-bond donors (Lipinski definition) is 2. The van der Waals surface area contributed by atoms with Crippen molar-refractivity contribution in [2.75, 3.05) is 13.7 Å². The van der Waals surface area contributed by atoms with Gasteiger partial charge in [0.05, 0.1) is 24.5 Å². The number of nitro benzene ring substituents is 1. The first-order valence-electron chi connectivity index (χ1n) is 5.28. The Morgan fingerprint density at radius 3 is 2.78 bits per heavy atom. The molecule has 0 bridgehead atoms. The summed E-state index contributed by atoms with van der Waals surface area (Å²) in [5.74, 6) is -0.488. The van der Waals surface area contributed by atoms with E-state index in [2.05, 4.69) is 5.32 Å². The minimum absolute atomic E-state index is 0.00601. The molecule has 7 heteroatoms. The summed E-state index contributed by atoms with van der Waals surface area (Å²) in [4.78, 5) is 20.5. The van der Waals surface area contributed by atoms with Gasteiger partial charge in [0, 0.05) is 19.2 Å². The second-order valence-electron chi connectivity index (χ2n) is 3.62. The number of benzene rings is 1.